The van der Waals surface area contributed by atoms with E-state index in [-0.39, 0.29) is 5.91 Å². The lowest BCUT2D eigenvalue weighted by Crippen LogP contribution is -2.15. The van der Waals surface area contributed by atoms with Crippen molar-refractivity contribution in [2.75, 3.05) is 5.32 Å². The van der Waals surface area contributed by atoms with Crippen molar-refractivity contribution in [3.05, 3.63) is 63.6 Å². The first-order chi connectivity index (χ1) is 12.4. The van der Waals surface area contributed by atoms with Crippen LogP contribution in [-0.2, 0) is 17.9 Å². The second-order valence-corrected chi connectivity index (χ2v) is 7.21. The molecule has 0 saturated heterocycles. The number of nitrogens with one attached hydrogen (secondary N) is 1. The lowest BCUT2D eigenvalue weighted by molar-refractivity contribution is -0.116. The second-order valence-electron chi connectivity index (χ2n) is 6.42. The quantitative estimate of drug-likeness (QED) is 0.664. The average molecular weight is 416 g/mol. The molecule has 26 heavy (non-hydrogen) atoms. The van der Waals surface area contributed by atoms with E-state index in [1.54, 1.807) is 6.20 Å². The Labute approximate surface area is 161 Å². The highest BCUT2D eigenvalue weighted by Gasteiger charge is 2.11. The molecular weight excluding hydrogens is 394 g/mol. The third-order valence-corrected chi connectivity index (χ3v) is 5.34. The minimum absolute atomic E-state index is 0.0521. The Morgan fingerprint density at radius 1 is 1.27 bits per heavy atom. The Balaban J connectivity index is 1.55. The third kappa shape index (κ3) is 4.40. The van der Waals surface area contributed by atoms with Crippen molar-refractivity contribution in [1.82, 2.24) is 19.6 Å². The maximum absolute atomic E-state index is 12.2. The Morgan fingerprint density at radius 3 is 2.77 bits per heavy atom. The van der Waals surface area contributed by atoms with Crippen molar-refractivity contribution in [1.29, 1.82) is 0 Å². The number of rotatable bonds is 6. The zero-order valence-electron chi connectivity index (χ0n) is 15.2. The molecule has 0 unspecified atom stereocenters. The van der Waals surface area contributed by atoms with Gasteiger partial charge >= 0.3 is 0 Å². The average Bonchev–Trinajstić information content (AvgIpc) is 3.12. The van der Waals surface area contributed by atoms with E-state index in [4.69, 9.17) is 0 Å². The molecule has 0 spiro atoms. The number of aryl methyl sites for hydroxylation is 3. The second kappa shape index (κ2) is 7.86. The van der Waals surface area contributed by atoms with Gasteiger partial charge in [-0.05, 0) is 42.3 Å². The Morgan fingerprint density at radius 2 is 2.08 bits per heavy atom. The molecule has 136 valence electrons. The molecule has 3 aromatic rings. The van der Waals surface area contributed by atoms with Gasteiger partial charge in [-0.3, -0.25) is 14.2 Å². The molecule has 0 aliphatic rings. The molecule has 2 heterocycles. The van der Waals surface area contributed by atoms with Crippen LogP contribution in [0, 0.1) is 20.8 Å². The van der Waals surface area contributed by atoms with Crippen molar-refractivity contribution in [3.63, 3.8) is 0 Å². The number of benzene rings is 1. The molecular formula is C19H22BrN5O. The van der Waals surface area contributed by atoms with Gasteiger partial charge in [-0.1, -0.05) is 29.8 Å². The SMILES string of the molecule is Cc1cccc(Cn2cc(NC(=O)CCn3nc(C)c(Br)c3C)cn2)c1. The van der Waals surface area contributed by atoms with Crippen LogP contribution in [0.2, 0.25) is 0 Å². The van der Waals surface area contributed by atoms with Gasteiger partial charge in [-0.2, -0.15) is 10.2 Å². The summed E-state index contributed by atoms with van der Waals surface area (Å²) in [6.07, 6.45) is 3.88. The van der Waals surface area contributed by atoms with Gasteiger partial charge in [0.2, 0.25) is 5.91 Å². The van der Waals surface area contributed by atoms with Gasteiger partial charge in [0.15, 0.2) is 0 Å². The van der Waals surface area contributed by atoms with Gasteiger partial charge < -0.3 is 5.32 Å². The zero-order chi connectivity index (χ0) is 18.7. The summed E-state index contributed by atoms with van der Waals surface area (Å²) in [6, 6.07) is 8.31. The van der Waals surface area contributed by atoms with Crippen LogP contribution in [0.3, 0.4) is 0 Å². The van der Waals surface area contributed by atoms with Crippen LogP contribution < -0.4 is 5.32 Å². The monoisotopic (exact) mass is 415 g/mol. The van der Waals surface area contributed by atoms with Gasteiger partial charge in [0.05, 0.1) is 35.1 Å². The molecule has 1 N–H and O–H groups in total. The molecule has 7 heteroatoms. The van der Waals surface area contributed by atoms with Crippen LogP contribution in [0.25, 0.3) is 0 Å². The fourth-order valence-corrected chi connectivity index (χ4v) is 3.12. The largest absolute Gasteiger partial charge is 0.323 e. The molecule has 3 rings (SSSR count). The van der Waals surface area contributed by atoms with E-state index in [1.165, 1.54) is 11.1 Å². The molecule has 0 atom stereocenters. The van der Waals surface area contributed by atoms with Crippen LogP contribution in [0.1, 0.15) is 28.9 Å². The number of hydrogen-bond acceptors (Lipinski definition) is 3. The number of carbonyl (C=O) groups is 1. The fraction of sp³-hybridized carbons (Fsp3) is 0.316. The smallest absolute Gasteiger partial charge is 0.226 e. The van der Waals surface area contributed by atoms with E-state index < -0.39 is 0 Å². The number of nitrogens with zero attached hydrogens (tertiary/aromatic N) is 4. The van der Waals surface area contributed by atoms with E-state index in [9.17, 15) is 4.79 Å². The molecule has 6 nitrogen and oxygen atoms in total. The van der Waals surface area contributed by atoms with Gasteiger partial charge in [-0.25, -0.2) is 0 Å². The molecule has 0 saturated carbocycles. The Kier molecular flexibility index (Phi) is 5.56. The van der Waals surface area contributed by atoms with Crippen molar-refractivity contribution in [2.24, 2.45) is 0 Å². The van der Waals surface area contributed by atoms with Gasteiger partial charge in [0, 0.05) is 18.3 Å². The highest BCUT2D eigenvalue weighted by molar-refractivity contribution is 9.10. The zero-order valence-corrected chi connectivity index (χ0v) is 16.7. The molecule has 1 amide bonds. The number of carbonyl (C=O) groups excluding carboxylic acids is 1. The van der Waals surface area contributed by atoms with Crippen molar-refractivity contribution in [3.8, 4) is 0 Å². The van der Waals surface area contributed by atoms with Crippen LogP contribution in [0.15, 0.2) is 41.1 Å². The Hall–Kier alpha value is -2.41. The van der Waals surface area contributed by atoms with E-state index in [2.05, 4.69) is 56.6 Å². The molecule has 0 radical (unpaired) electrons. The predicted molar refractivity (Wildman–Crippen MR) is 105 cm³/mol. The first-order valence-corrected chi connectivity index (χ1v) is 9.29. The van der Waals surface area contributed by atoms with Gasteiger partial charge in [0.1, 0.15) is 0 Å². The minimum Gasteiger partial charge on any atom is -0.323 e. The van der Waals surface area contributed by atoms with Crippen LogP contribution in [-0.4, -0.2) is 25.5 Å². The molecule has 0 aliphatic carbocycles. The van der Waals surface area contributed by atoms with Crippen molar-refractivity contribution < 1.29 is 4.79 Å². The summed E-state index contributed by atoms with van der Waals surface area (Å²) in [6.45, 7) is 7.21. The summed E-state index contributed by atoms with van der Waals surface area (Å²) in [5, 5.41) is 11.6. The summed E-state index contributed by atoms with van der Waals surface area (Å²) in [5.41, 5.74) is 5.07. The van der Waals surface area contributed by atoms with E-state index >= 15 is 0 Å². The van der Waals surface area contributed by atoms with E-state index in [0.29, 0.717) is 25.2 Å². The van der Waals surface area contributed by atoms with E-state index in [1.807, 2.05) is 35.5 Å². The number of amides is 1. The summed E-state index contributed by atoms with van der Waals surface area (Å²) in [7, 11) is 0. The van der Waals surface area contributed by atoms with Gasteiger partial charge in [-0.15, -0.1) is 0 Å². The lowest BCUT2D eigenvalue weighted by atomic mass is 10.1. The molecule has 0 fully saturated rings. The predicted octanol–water partition coefficient (Wildman–Crippen LogP) is 3.84. The molecule has 0 bridgehead atoms. The maximum atomic E-state index is 12.2. The minimum atomic E-state index is -0.0521. The van der Waals surface area contributed by atoms with Gasteiger partial charge in [0.25, 0.3) is 0 Å². The summed E-state index contributed by atoms with van der Waals surface area (Å²) >= 11 is 3.50. The topological polar surface area (TPSA) is 64.7 Å². The number of anilines is 1. The van der Waals surface area contributed by atoms with Crippen LogP contribution >= 0.6 is 15.9 Å². The first kappa shape index (κ1) is 18.4. The summed E-state index contributed by atoms with van der Waals surface area (Å²) in [4.78, 5) is 12.2. The highest BCUT2D eigenvalue weighted by atomic mass is 79.9. The molecule has 2 aromatic heterocycles. The summed E-state index contributed by atoms with van der Waals surface area (Å²) in [5.74, 6) is -0.0521. The number of aromatic nitrogens is 4. The van der Waals surface area contributed by atoms with Crippen molar-refractivity contribution >= 4 is 27.5 Å². The molecule has 0 aliphatic heterocycles. The van der Waals surface area contributed by atoms with Crippen LogP contribution in [0.4, 0.5) is 5.69 Å². The standard InChI is InChI=1S/C19H22BrN5O/c1-13-5-4-6-16(9-13)11-24-12-17(10-21-24)22-18(26)7-8-25-15(3)19(20)14(2)23-25/h4-6,9-10,12H,7-8,11H2,1-3H3,(H,22,26). The maximum Gasteiger partial charge on any atom is 0.226 e. The number of halogens is 1. The number of hydrogen-bond donors (Lipinski definition) is 1. The Bertz CT molecular complexity index is 928. The fourth-order valence-electron chi connectivity index (χ4n) is 2.84. The van der Waals surface area contributed by atoms with E-state index in [0.717, 1.165) is 15.9 Å². The normalized spacial score (nSPS) is 10.9. The summed E-state index contributed by atoms with van der Waals surface area (Å²) < 4.78 is 4.66. The highest BCUT2D eigenvalue weighted by Crippen LogP contribution is 2.20. The lowest BCUT2D eigenvalue weighted by Gasteiger charge is -2.05. The van der Waals surface area contributed by atoms with Crippen LogP contribution in [0.5, 0.6) is 0 Å². The third-order valence-electron chi connectivity index (χ3n) is 4.19. The van der Waals surface area contributed by atoms with Crippen molar-refractivity contribution in [2.45, 2.75) is 40.3 Å². The first-order valence-electron chi connectivity index (χ1n) is 8.49. The molecule has 1 aromatic carbocycles.